The molecule has 3 rings (SSSR count). The second-order valence-corrected chi connectivity index (χ2v) is 5.51. The minimum atomic E-state index is -0.702. The summed E-state index contributed by atoms with van der Waals surface area (Å²) in [4.78, 5) is 0. The van der Waals surface area contributed by atoms with Gasteiger partial charge in [-0.05, 0) is 17.7 Å². The maximum atomic E-state index is 13.9. The minimum absolute atomic E-state index is 0.261. The van der Waals surface area contributed by atoms with E-state index in [0.717, 1.165) is 12.1 Å². The first kappa shape index (κ1) is 15.9. The summed E-state index contributed by atoms with van der Waals surface area (Å²) in [6.45, 7) is 1.91. The fourth-order valence-corrected chi connectivity index (χ4v) is 2.67. The van der Waals surface area contributed by atoms with Gasteiger partial charge in [-0.2, -0.15) is 0 Å². The molecule has 1 saturated heterocycles. The molecule has 0 saturated carbocycles. The van der Waals surface area contributed by atoms with Gasteiger partial charge in [0, 0.05) is 19.5 Å². The molecule has 2 atom stereocenters. The van der Waals surface area contributed by atoms with E-state index in [4.69, 9.17) is 9.47 Å². The van der Waals surface area contributed by atoms with Crippen LogP contribution in [0.25, 0.3) is 0 Å². The molecule has 23 heavy (non-hydrogen) atoms. The lowest BCUT2D eigenvalue weighted by Crippen LogP contribution is -2.48. The van der Waals surface area contributed by atoms with Gasteiger partial charge in [0.1, 0.15) is 12.2 Å². The lowest BCUT2D eigenvalue weighted by atomic mass is 10.0. The van der Waals surface area contributed by atoms with Gasteiger partial charge in [-0.3, -0.25) is 0 Å². The maximum Gasteiger partial charge on any atom is 0.191 e. The van der Waals surface area contributed by atoms with Crippen molar-refractivity contribution in [1.82, 2.24) is 5.32 Å². The van der Waals surface area contributed by atoms with Gasteiger partial charge < -0.3 is 14.8 Å². The van der Waals surface area contributed by atoms with E-state index in [1.54, 1.807) is 0 Å². The second kappa shape index (κ2) is 7.53. The summed E-state index contributed by atoms with van der Waals surface area (Å²) in [6.07, 6.45) is -0.222. The van der Waals surface area contributed by atoms with E-state index in [1.807, 2.05) is 30.3 Å². The van der Waals surface area contributed by atoms with Crippen LogP contribution < -0.4 is 10.1 Å². The number of para-hydroxylation sites is 1. The van der Waals surface area contributed by atoms with E-state index in [0.29, 0.717) is 19.6 Å². The smallest absolute Gasteiger partial charge is 0.191 e. The molecule has 0 spiro atoms. The van der Waals surface area contributed by atoms with Crippen molar-refractivity contribution in [2.24, 2.45) is 0 Å². The highest BCUT2D eigenvalue weighted by atomic mass is 19.1. The highest BCUT2D eigenvalue weighted by Gasteiger charge is 2.28. The minimum Gasteiger partial charge on any atom is -0.481 e. The Labute approximate surface area is 134 Å². The summed E-state index contributed by atoms with van der Waals surface area (Å²) >= 11 is 0. The van der Waals surface area contributed by atoms with Crippen LogP contribution in [0.3, 0.4) is 0 Å². The maximum absolute atomic E-state index is 13.9. The summed E-state index contributed by atoms with van der Waals surface area (Å²) < 4.78 is 39.2. The van der Waals surface area contributed by atoms with Crippen molar-refractivity contribution in [2.75, 3.05) is 19.7 Å². The summed E-state index contributed by atoms with van der Waals surface area (Å²) in [5.41, 5.74) is 1.03. The third kappa shape index (κ3) is 4.06. The van der Waals surface area contributed by atoms with Crippen LogP contribution in [-0.2, 0) is 11.2 Å². The molecule has 1 fully saturated rings. The van der Waals surface area contributed by atoms with E-state index in [-0.39, 0.29) is 11.9 Å². The predicted octanol–water partition coefficient (Wildman–Crippen LogP) is 2.94. The van der Waals surface area contributed by atoms with Crippen LogP contribution in [0.5, 0.6) is 5.75 Å². The summed E-state index contributed by atoms with van der Waals surface area (Å²) in [7, 11) is 0. The Bertz CT molecular complexity index is 610. The Hall–Kier alpha value is -1.98. The van der Waals surface area contributed by atoms with Crippen LogP contribution >= 0.6 is 0 Å². The zero-order chi connectivity index (χ0) is 16.1. The fraction of sp³-hybridized carbons (Fsp3) is 0.333. The SMILES string of the molecule is Fc1cccc(F)c1OC(Cc1ccccc1)[C@@H]1CNCCO1. The van der Waals surface area contributed by atoms with Crippen molar-refractivity contribution < 1.29 is 18.3 Å². The molecule has 1 heterocycles. The molecule has 0 radical (unpaired) electrons. The topological polar surface area (TPSA) is 30.5 Å². The van der Waals surface area contributed by atoms with Crippen LogP contribution in [0.1, 0.15) is 5.56 Å². The van der Waals surface area contributed by atoms with Crippen molar-refractivity contribution in [3.8, 4) is 5.75 Å². The Kier molecular flexibility index (Phi) is 5.20. The quantitative estimate of drug-likeness (QED) is 0.919. The number of halogens is 2. The van der Waals surface area contributed by atoms with Crippen molar-refractivity contribution in [3.63, 3.8) is 0 Å². The van der Waals surface area contributed by atoms with E-state index in [9.17, 15) is 8.78 Å². The van der Waals surface area contributed by atoms with Gasteiger partial charge in [0.25, 0.3) is 0 Å². The molecule has 0 bridgehead atoms. The summed E-state index contributed by atoms with van der Waals surface area (Å²) in [6, 6.07) is 13.4. The van der Waals surface area contributed by atoms with Crippen LogP contribution in [0.2, 0.25) is 0 Å². The molecule has 0 aromatic heterocycles. The van der Waals surface area contributed by atoms with Crippen molar-refractivity contribution in [1.29, 1.82) is 0 Å². The van der Waals surface area contributed by atoms with Gasteiger partial charge in [0.05, 0.1) is 6.61 Å². The fourth-order valence-electron chi connectivity index (χ4n) is 2.67. The van der Waals surface area contributed by atoms with Gasteiger partial charge in [0.2, 0.25) is 0 Å². The molecule has 122 valence electrons. The third-order valence-electron chi connectivity index (χ3n) is 3.84. The average Bonchev–Trinajstić information content (AvgIpc) is 2.59. The van der Waals surface area contributed by atoms with Crippen LogP contribution in [0, 0.1) is 11.6 Å². The Morgan fingerprint density at radius 2 is 1.83 bits per heavy atom. The van der Waals surface area contributed by atoms with E-state index in [2.05, 4.69) is 5.32 Å². The lowest BCUT2D eigenvalue weighted by molar-refractivity contribution is -0.0434. The second-order valence-electron chi connectivity index (χ2n) is 5.51. The standard InChI is InChI=1S/C18H19F2NO2/c19-14-7-4-8-15(20)18(14)23-16(17-12-21-9-10-22-17)11-13-5-2-1-3-6-13/h1-8,16-17,21H,9-12H2/t16?,17-/m0/s1. The largest absolute Gasteiger partial charge is 0.481 e. The molecule has 1 aliphatic heterocycles. The van der Waals surface area contributed by atoms with Gasteiger partial charge in [0.15, 0.2) is 17.4 Å². The summed E-state index contributed by atoms with van der Waals surface area (Å²) in [5, 5.41) is 3.22. The molecule has 3 nitrogen and oxygen atoms in total. The summed E-state index contributed by atoms with van der Waals surface area (Å²) in [5.74, 6) is -1.75. The Balaban J connectivity index is 1.82. The van der Waals surface area contributed by atoms with Crippen molar-refractivity contribution in [3.05, 3.63) is 65.7 Å². The molecule has 1 N–H and O–H groups in total. The predicted molar refractivity (Wildman–Crippen MR) is 83.5 cm³/mol. The average molecular weight is 319 g/mol. The van der Waals surface area contributed by atoms with Gasteiger partial charge in [-0.15, -0.1) is 0 Å². The normalized spacial score (nSPS) is 19.3. The third-order valence-corrected chi connectivity index (χ3v) is 3.84. The number of ether oxygens (including phenoxy) is 2. The number of morpholine rings is 1. The number of rotatable bonds is 5. The zero-order valence-corrected chi connectivity index (χ0v) is 12.7. The molecule has 0 aliphatic carbocycles. The first-order valence-corrected chi connectivity index (χ1v) is 7.71. The lowest BCUT2D eigenvalue weighted by Gasteiger charge is -2.31. The van der Waals surface area contributed by atoms with E-state index in [1.165, 1.54) is 18.2 Å². The van der Waals surface area contributed by atoms with E-state index >= 15 is 0 Å². The number of hydrogen-bond donors (Lipinski definition) is 1. The number of nitrogens with one attached hydrogen (secondary N) is 1. The molecule has 2 aromatic rings. The first-order chi connectivity index (χ1) is 11.2. The van der Waals surface area contributed by atoms with Crippen molar-refractivity contribution in [2.45, 2.75) is 18.6 Å². The molecule has 1 unspecified atom stereocenters. The van der Waals surface area contributed by atoms with Gasteiger partial charge >= 0.3 is 0 Å². The molecule has 5 heteroatoms. The molecular formula is C18H19F2NO2. The first-order valence-electron chi connectivity index (χ1n) is 7.71. The van der Waals surface area contributed by atoms with Crippen molar-refractivity contribution >= 4 is 0 Å². The molecule has 1 aliphatic rings. The van der Waals surface area contributed by atoms with Crippen LogP contribution in [0.4, 0.5) is 8.78 Å². The molecular weight excluding hydrogens is 300 g/mol. The number of benzene rings is 2. The zero-order valence-electron chi connectivity index (χ0n) is 12.7. The van der Waals surface area contributed by atoms with Crippen LogP contribution in [-0.4, -0.2) is 31.9 Å². The van der Waals surface area contributed by atoms with Gasteiger partial charge in [-0.25, -0.2) is 8.78 Å². The highest BCUT2D eigenvalue weighted by Crippen LogP contribution is 2.25. The van der Waals surface area contributed by atoms with Gasteiger partial charge in [-0.1, -0.05) is 36.4 Å². The van der Waals surface area contributed by atoms with Crippen LogP contribution in [0.15, 0.2) is 48.5 Å². The highest BCUT2D eigenvalue weighted by molar-refractivity contribution is 5.27. The molecule has 0 amide bonds. The Morgan fingerprint density at radius 1 is 1.09 bits per heavy atom. The number of hydrogen-bond acceptors (Lipinski definition) is 3. The van der Waals surface area contributed by atoms with E-state index < -0.39 is 17.7 Å². The molecule has 2 aromatic carbocycles. The Morgan fingerprint density at radius 3 is 2.48 bits per heavy atom. The monoisotopic (exact) mass is 319 g/mol.